The van der Waals surface area contributed by atoms with E-state index in [0.29, 0.717) is 16.9 Å². The van der Waals surface area contributed by atoms with E-state index in [1.54, 1.807) is 13.8 Å². The quantitative estimate of drug-likeness (QED) is 0.674. The number of aromatic nitrogens is 2. The molecular formula is C20H16ClFN2O4. The zero-order valence-corrected chi connectivity index (χ0v) is 16.0. The van der Waals surface area contributed by atoms with Crippen LogP contribution in [0.2, 0.25) is 5.02 Å². The summed E-state index contributed by atoms with van der Waals surface area (Å²) in [7, 11) is 1.17. The summed E-state index contributed by atoms with van der Waals surface area (Å²) < 4.78 is 20.7. The number of hydrogen-bond donors (Lipinski definition) is 1. The third-order valence-corrected chi connectivity index (χ3v) is 4.66. The maximum absolute atomic E-state index is 14.8. The second kappa shape index (κ2) is 7.44. The van der Waals surface area contributed by atoms with Crippen molar-refractivity contribution >= 4 is 17.6 Å². The van der Waals surface area contributed by atoms with E-state index in [4.69, 9.17) is 11.6 Å². The summed E-state index contributed by atoms with van der Waals surface area (Å²) in [5.41, 5.74) is 0.987. The lowest BCUT2D eigenvalue weighted by Gasteiger charge is -2.15. The maximum atomic E-state index is 14.8. The second-order valence-corrected chi connectivity index (χ2v) is 6.52. The highest BCUT2D eigenvalue weighted by molar-refractivity contribution is 6.31. The van der Waals surface area contributed by atoms with Crippen molar-refractivity contribution in [2.24, 2.45) is 0 Å². The van der Waals surface area contributed by atoms with Crippen LogP contribution in [0.3, 0.4) is 0 Å². The minimum atomic E-state index is -0.802. The number of halogens is 2. The van der Waals surface area contributed by atoms with Gasteiger partial charge in [-0.1, -0.05) is 17.7 Å². The number of pyridine rings is 2. The predicted molar refractivity (Wildman–Crippen MR) is 103 cm³/mol. The van der Waals surface area contributed by atoms with E-state index >= 15 is 0 Å². The third-order valence-electron chi connectivity index (χ3n) is 4.31. The molecule has 1 N–H and O–H groups in total. The van der Waals surface area contributed by atoms with E-state index in [-0.39, 0.29) is 27.6 Å². The summed E-state index contributed by atoms with van der Waals surface area (Å²) in [6.07, 6.45) is 1.49. The van der Waals surface area contributed by atoms with E-state index in [0.717, 1.165) is 0 Å². The van der Waals surface area contributed by atoms with Crippen LogP contribution in [-0.2, 0) is 4.74 Å². The fraction of sp³-hybridized carbons (Fsp3) is 0.150. The summed E-state index contributed by atoms with van der Waals surface area (Å²) in [5, 5.41) is 9.43. The van der Waals surface area contributed by atoms with Crippen molar-refractivity contribution < 1.29 is 19.0 Å². The molecule has 0 saturated carbocycles. The number of ether oxygens (including phenoxy) is 1. The van der Waals surface area contributed by atoms with E-state index in [2.05, 4.69) is 9.72 Å². The molecule has 0 unspecified atom stereocenters. The Labute approximate surface area is 164 Å². The number of benzene rings is 1. The third kappa shape index (κ3) is 3.25. The summed E-state index contributed by atoms with van der Waals surface area (Å²) in [4.78, 5) is 28.6. The monoisotopic (exact) mass is 402 g/mol. The minimum absolute atomic E-state index is 0.0831. The molecule has 3 aromatic rings. The number of carbonyl (C=O) groups is 1. The number of esters is 1. The average Bonchev–Trinajstić information content (AvgIpc) is 2.67. The Balaban J connectivity index is 2.25. The molecule has 0 radical (unpaired) electrons. The van der Waals surface area contributed by atoms with Crippen LogP contribution in [-0.4, -0.2) is 27.7 Å². The number of nitrogens with zero attached hydrogens (tertiary/aromatic N) is 2. The molecule has 144 valence electrons. The van der Waals surface area contributed by atoms with Crippen molar-refractivity contribution in [2.75, 3.05) is 7.11 Å². The van der Waals surface area contributed by atoms with Crippen molar-refractivity contribution in [2.45, 2.75) is 13.8 Å². The van der Waals surface area contributed by atoms with Crippen LogP contribution in [0.15, 0.2) is 41.3 Å². The molecule has 0 aliphatic carbocycles. The maximum Gasteiger partial charge on any atom is 0.340 e. The fourth-order valence-corrected chi connectivity index (χ4v) is 3.03. The first-order chi connectivity index (χ1) is 13.3. The fourth-order valence-electron chi connectivity index (χ4n) is 2.89. The lowest BCUT2D eigenvalue weighted by molar-refractivity contribution is 0.0595. The molecular weight excluding hydrogens is 387 g/mol. The van der Waals surface area contributed by atoms with Crippen molar-refractivity contribution in [3.8, 4) is 22.7 Å². The topological polar surface area (TPSA) is 81.4 Å². The van der Waals surface area contributed by atoms with E-state index < -0.39 is 17.3 Å². The highest BCUT2D eigenvalue weighted by atomic mass is 35.5. The van der Waals surface area contributed by atoms with Gasteiger partial charge in [-0.3, -0.25) is 14.3 Å². The molecule has 0 bridgehead atoms. The predicted octanol–water partition coefficient (Wildman–Crippen LogP) is 3.80. The molecule has 1 aromatic carbocycles. The van der Waals surface area contributed by atoms with Gasteiger partial charge in [0.1, 0.15) is 16.6 Å². The van der Waals surface area contributed by atoms with Crippen molar-refractivity contribution in [3.63, 3.8) is 0 Å². The number of aryl methyl sites for hydroxylation is 2. The number of methoxy groups -OCH3 is 1. The Morgan fingerprint density at radius 1 is 1.29 bits per heavy atom. The normalized spacial score (nSPS) is 10.8. The Morgan fingerprint density at radius 2 is 2.00 bits per heavy atom. The number of aromatic hydroxyl groups is 1. The lowest BCUT2D eigenvalue weighted by Crippen LogP contribution is -2.22. The molecule has 8 heteroatoms. The van der Waals surface area contributed by atoms with Crippen molar-refractivity contribution in [3.05, 3.63) is 74.5 Å². The smallest absolute Gasteiger partial charge is 0.340 e. The van der Waals surface area contributed by atoms with Crippen LogP contribution in [0.25, 0.3) is 16.9 Å². The molecule has 0 aliphatic heterocycles. The number of rotatable bonds is 3. The summed E-state index contributed by atoms with van der Waals surface area (Å²) in [6.45, 7) is 3.37. The summed E-state index contributed by atoms with van der Waals surface area (Å²) in [5.74, 6) is -1.89. The van der Waals surface area contributed by atoms with Crippen LogP contribution in [0.5, 0.6) is 5.75 Å². The van der Waals surface area contributed by atoms with E-state index in [9.17, 15) is 19.1 Å². The van der Waals surface area contributed by atoms with Gasteiger partial charge < -0.3 is 9.84 Å². The van der Waals surface area contributed by atoms with Crippen LogP contribution in [0.1, 0.15) is 21.6 Å². The first-order valence-corrected chi connectivity index (χ1v) is 8.59. The van der Waals surface area contributed by atoms with Crippen molar-refractivity contribution in [1.82, 2.24) is 9.55 Å². The first kappa shape index (κ1) is 19.6. The number of hydrogen-bond acceptors (Lipinski definition) is 5. The molecule has 0 aliphatic rings. The molecule has 0 fully saturated rings. The summed E-state index contributed by atoms with van der Waals surface area (Å²) in [6, 6.07) is 7.19. The number of carbonyl (C=O) groups excluding carboxylic acids is 1. The van der Waals surface area contributed by atoms with Gasteiger partial charge >= 0.3 is 5.97 Å². The van der Waals surface area contributed by atoms with Crippen molar-refractivity contribution in [1.29, 1.82) is 0 Å². The molecule has 0 spiro atoms. The van der Waals surface area contributed by atoms with Gasteiger partial charge in [0, 0.05) is 23.5 Å². The van der Waals surface area contributed by atoms with Crippen LogP contribution < -0.4 is 5.56 Å². The van der Waals surface area contributed by atoms with Gasteiger partial charge in [-0.2, -0.15) is 0 Å². The molecule has 0 amide bonds. The Bertz CT molecular complexity index is 1160. The van der Waals surface area contributed by atoms with E-state index in [1.165, 1.54) is 48.2 Å². The molecule has 2 heterocycles. The Morgan fingerprint density at radius 3 is 2.68 bits per heavy atom. The summed E-state index contributed by atoms with van der Waals surface area (Å²) >= 11 is 5.90. The van der Waals surface area contributed by atoms with Crippen LogP contribution in [0.4, 0.5) is 4.39 Å². The van der Waals surface area contributed by atoms with Gasteiger partial charge in [-0.15, -0.1) is 0 Å². The van der Waals surface area contributed by atoms with E-state index in [1.807, 2.05) is 0 Å². The molecule has 0 saturated heterocycles. The minimum Gasteiger partial charge on any atom is -0.506 e. The van der Waals surface area contributed by atoms with Gasteiger partial charge in [0.2, 0.25) is 0 Å². The highest BCUT2D eigenvalue weighted by Crippen LogP contribution is 2.28. The SMILES string of the molecule is COC(=O)c1cccc(-c2cc(-n3c(C)cc(O)c(Cl)c3=O)c(C)cn2)c1F. The molecule has 0 atom stereocenters. The lowest BCUT2D eigenvalue weighted by atomic mass is 10.0. The zero-order chi connectivity index (χ0) is 20.6. The second-order valence-electron chi connectivity index (χ2n) is 6.14. The standard InChI is InChI=1S/C20H16ClFN2O4/c1-10-9-23-14(12-5-4-6-13(18(12)22)20(27)28-3)8-15(10)24-11(2)7-16(25)17(21)19(24)26/h4-9,25H,1-3H3. The average molecular weight is 403 g/mol. The largest absolute Gasteiger partial charge is 0.506 e. The van der Waals surface area contributed by atoms with Gasteiger partial charge in [-0.25, -0.2) is 9.18 Å². The molecule has 28 heavy (non-hydrogen) atoms. The Kier molecular flexibility index (Phi) is 5.20. The molecule has 3 rings (SSSR count). The molecule has 6 nitrogen and oxygen atoms in total. The highest BCUT2D eigenvalue weighted by Gasteiger charge is 2.19. The van der Waals surface area contributed by atoms with Crippen LogP contribution in [0, 0.1) is 19.7 Å². The molecule has 2 aromatic heterocycles. The van der Waals surface area contributed by atoms with Gasteiger partial charge in [0.15, 0.2) is 0 Å². The van der Waals surface area contributed by atoms with Gasteiger partial charge in [0.05, 0.1) is 24.1 Å². The van der Waals surface area contributed by atoms with Crippen LogP contribution >= 0.6 is 11.6 Å². The Hall–Kier alpha value is -3.19. The first-order valence-electron chi connectivity index (χ1n) is 8.21. The zero-order valence-electron chi connectivity index (χ0n) is 15.3. The van der Waals surface area contributed by atoms with Gasteiger partial charge in [0.25, 0.3) is 5.56 Å². The van der Waals surface area contributed by atoms with Gasteiger partial charge in [-0.05, 0) is 37.6 Å².